The van der Waals surface area contributed by atoms with Crippen LogP contribution >= 0.6 is 0 Å². The van der Waals surface area contributed by atoms with Crippen molar-refractivity contribution < 1.29 is 9.13 Å². The zero-order valence-electron chi connectivity index (χ0n) is 11.5. The highest BCUT2D eigenvalue weighted by atomic mass is 19.1. The van der Waals surface area contributed by atoms with Gasteiger partial charge in [-0.2, -0.15) is 5.10 Å². The Hall–Kier alpha value is -2.82. The lowest BCUT2D eigenvalue weighted by Gasteiger charge is -2.07. The molecule has 3 aromatic rings. The Morgan fingerprint density at radius 3 is 2.57 bits per heavy atom. The first-order chi connectivity index (χ1) is 10.2. The molecule has 1 heterocycles. The molecule has 0 atom stereocenters. The number of ether oxygens (including phenoxy) is 1. The first-order valence-electron chi connectivity index (χ1n) is 6.44. The average Bonchev–Trinajstić information content (AvgIpc) is 2.89. The van der Waals surface area contributed by atoms with Gasteiger partial charge >= 0.3 is 0 Å². The quantitative estimate of drug-likeness (QED) is 0.802. The van der Waals surface area contributed by atoms with Crippen molar-refractivity contribution in [2.45, 2.75) is 0 Å². The van der Waals surface area contributed by atoms with E-state index in [1.807, 2.05) is 30.3 Å². The van der Waals surface area contributed by atoms with Gasteiger partial charge in [0, 0.05) is 6.07 Å². The third-order valence-electron chi connectivity index (χ3n) is 3.19. The van der Waals surface area contributed by atoms with E-state index in [0.717, 1.165) is 5.69 Å². The van der Waals surface area contributed by atoms with Gasteiger partial charge in [0.05, 0.1) is 18.4 Å². The molecule has 0 unspecified atom stereocenters. The number of nitrogens with zero attached hydrogens (tertiary/aromatic N) is 2. The van der Waals surface area contributed by atoms with Crippen LogP contribution in [0.2, 0.25) is 0 Å². The molecule has 0 aliphatic heterocycles. The van der Waals surface area contributed by atoms with E-state index in [2.05, 4.69) is 5.10 Å². The van der Waals surface area contributed by atoms with Crippen LogP contribution in [0, 0.1) is 5.82 Å². The Labute approximate surface area is 121 Å². The minimum atomic E-state index is -0.396. The topological polar surface area (TPSA) is 53.1 Å². The number of aromatic nitrogens is 2. The molecule has 3 rings (SSSR count). The maximum Gasteiger partial charge on any atom is 0.136 e. The molecule has 4 nitrogen and oxygen atoms in total. The standard InChI is InChI=1S/C16H14FN3O/c1-21-14-9-5-8-12(17)16(14)13-10-15(18)20(19-13)11-6-3-2-4-7-11/h2-10H,18H2,1H3. The SMILES string of the molecule is COc1cccc(F)c1-c1cc(N)n(-c2ccccc2)n1. The van der Waals surface area contributed by atoms with Crippen LogP contribution in [0.25, 0.3) is 16.9 Å². The molecule has 0 amide bonds. The van der Waals surface area contributed by atoms with E-state index in [0.29, 0.717) is 22.8 Å². The van der Waals surface area contributed by atoms with E-state index >= 15 is 0 Å². The van der Waals surface area contributed by atoms with Crippen LogP contribution in [0.4, 0.5) is 10.2 Å². The molecule has 0 fully saturated rings. The maximum atomic E-state index is 14.1. The first kappa shape index (κ1) is 13.2. The van der Waals surface area contributed by atoms with Gasteiger partial charge in [0.15, 0.2) is 0 Å². The van der Waals surface area contributed by atoms with E-state index in [1.165, 1.54) is 13.2 Å². The van der Waals surface area contributed by atoms with Crippen molar-refractivity contribution >= 4 is 5.82 Å². The predicted octanol–water partition coefficient (Wildman–Crippen LogP) is 3.27. The average molecular weight is 283 g/mol. The van der Waals surface area contributed by atoms with E-state index in [-0.39, 0.29) is 0 Å². The van der Waals surface area contributed by atoms with E-state index in [1.54, 1.807) is 22.9 Å². The van der Waals surface area contributed by atoms with Crippen LogP contribution in [-0.2, 0) is 0 Å². The molecule has 2 aromatic carbocycles. The molecule has 0 saturated carbocycles. The number of nitrogens with two attached hydrogens (primary N) is 1. The second-order valence-corrected chi connectivity index (χ2v) is 4.52. The zero-order valence-corrected chi connectivity index (χ0v) is 11.5. The Bertz CT molecular complexity index is 768. The Kier molecular flexibility index (Phi) is 3.31. The van der Waals surface area contributed by atoms with Gasteiger partial charge in [-0.1, -0.05) is 24.3 Å². The van der Waals surface area contributed by atoms with Gasteiger partial charge in [-0.05, 0) is 24.3 Å². The monoisotopic (exact) mass is 283 g/mol. The van der Waals surface area contributed by atoms with Crippen molar-refractivity contribution in [1.29, 1.82) is 0 Å². The van der Waals surface area contributed by atoms with Gasteiger partial charge in [0.2, 0.25) is 0 Å². The Balaban J connectivity index is 2.14. The van der Waals surface area contributed by atoms with Crippen LogP contribution in [0.3, 0.4) is 0 Å². The lowest BCUT2D eigenvalue weighted by Crippen LogP contribution is -2.01. The summed E-state index contributed by atoms with van der Waals surface area (Å²) in [5.74, 6) is 0.460. The van der Waals surface area contributed by atoms with Crippen LogP contribution in [0.15, 0.2) is 54.6 Å². The number of hydrogen-bond donors (Lipinski definition) is 1. The zero-order chi connectivity index (χ0) is 14.8. The van der Waals surface area contributed by atoms with Crippen molar-refractivity contribution in [1.82, 2.24) is 9.78 Å². The van der Waals surface area contributed by atoms with Gasteiger partial charge in [-0.25, -0.2) is 9.07 Å². The summed E-state index contributed by atoms with van der Waals surface area (Å²) in [5, 5.41) is 4.39. The summed E-state index contributed by atoms with van der Waals surface area (Å²) in [6.45, 7) is 0. The molecule has 0 saturated heterocycles. The highest BCUT2D eigenvalue weighted by Gasteiger charge is 2.16. The molecule has 0 radical (unpaired) electrons. The number of halogens is 1. The molecule has 0 aliphatic rings. The fraction of sp³-hybridized carbons (Fsp3) is 0.0625. The number of nitrogen functional groups attached to an aromatic ring is 1. The minimum absolute atomic E-state index is 0.307. The number of anilines is 1. The van der Waals surface area contributed by atoms with E-state index < -0.39 is 5.82 Å². The highest BCUT2D eigenvalue weighted by Crippen LogP contribution is 2.33. The predicted molar refractivity (Wildman–Crippen MR) is 79.9 cm³/mol. The Morgan fingerprint density at radius 1 is 1.10 bits per heavy atom. The van der Waals surface area contributed by atoms with Crippen LogP contribution < -0.4 is 10.5 Å². The summed E-state index contributed by atoms with van der Waals surface area (Å²) in [5.41, 5.74) is 7.55. The third kappa shape index (κ3) is 2.33. The van der Waals surface area contributed by atoms with Crippen molar-refractivity contribution in [2.75, 3.05) is 12.8 Å². The number of para-hydroxylation sites is 1. The van der Waals surface area contributed by atoms with Crippen molar-refractivity contribution in [3.63, 3.8) is 0 Å². The fourth-order valence-corrected chi connectivity index (χ4v) is 2.22. The number of benzene rings is 2. The molecule has 0 bridgehead atoms. The van der Waals surface area contributed by atoms with Gasteiger partial charge in [0.1, 0.15) is 23.1 Å². The normalized spacial score (nSPS) is 10.6. The summed E-state index contributed by atoms with van der Waals surface area (Å²) in [7, 11) is 1.50. The van der Waals surface area contributed by atoms with Gasteiger partial charge in [-0.3, -0.25) is 0 Å². The first-order valence-corrected chi connectivity index (χ1v) is 6.44. The molecule has 0 spiro atoms. The summed E-state index contributed by atoms with van der Waals surface area (Å²) in [4.78, 5) is 0. The van der Waals surface area contributed by atoms with Gasteiger partial charge in [-0.15, -0.1) is 0 Å². The summed E-state index contributed by atoms with van der Waals surface area (Å²) in [6, 6.07) is 15.7. The third-order valence-corrected chi connectivity index (χ3v) is 3.19. The second kappa shape index (κ2) is 5.28. The molecule has 1 aromatic heterocycles. The fourth-order valence-electron chi connectivity index (χ4n) is 2.22. The maximum absolute atomic E-state index is 14.1. The summed E-state index contributed by atoms with van der Waals surface area (Å²) in [6.07, 6.45) is 0. The molecular formula is C16H14FN3O. The number of hydrogen-bond acceptors (Lipinski definition) is 3. The summed E-state index contributed by atoms with van der Waals surface area (Å²) < 4.78 is 20.9. The van der Waals surface area contributed by atoms with Crippen molar-refractivity contribution in [3.05, 3.63) is 60.4 Å². The van der Waals surface area contributed by atoms with Crippen LogP contribution in [-0.4, -0.2) is 16.9 Å². The van der Waals surface area contributed by atoms with Crippen molar-refractivity contribution in [3.8, 4) is 22.7 Å². The smallest absolute Gasteiger partial charge is 0.136 e. The second-order valence-electron chi connectivity index (χ2n) is 4.52. The molecule has 5 heteroatoms. The number of rotatable bonds is 3. The lowest BCUT2D eigenvalue weighted by molar-refractivity contribution is 0.413. The minimum Gasteiger partial charge on any atom is -0.496 e. The molecule has 2 N–H and O–H groups in total. The van der Waals surface area contributed by atoms with Gasteiger partial charge in [0.25, 0.3) is 0 Å². The van der Waals surface area contributed by atoms with Gasteiger partial charge < -0.3 is 10.5 Å². The molecule has 21 heavy (non-hydrogen) atoms. The number of methoxy groups -OCH3 is 1. The van der Waals surface area contributed by atoms with Crippen LogP contribution in [0.5, 0.6) is 5.75 Å². The molecule has 0 aliphatic carbocycles. The van der Waals surface area contributed by atoms with Crippen molar-refractivity contribution in [2.24, 2.45) is 0 Å². The largest absolute Gasteiger partial charge is 0.496 e. The van der Waals surface area contributed by atoms with E-state index in [4.69, 9.17) is 10.5 Å². The van der Waals surface area contributed by atoms with E-state index in [9.17, 15) is 4.39 Å². The Morgan fingerprint density at radius 2 is 1.86 bits per heavy atom. The highest BCUT2D eigenvalue weighted by molar-refractivity contribution is 5.70. The lowest BCUT2D eigenvalue weighted by atomic mass is 10.1. The van der Waals surface area contributed by atoms with Crippen LogP contribution in [0.1, 0.15) is 0 Å². The summed E-state index contributed by atoms with van der Waals surface area (Å²) >= 11 is 0. The molecular weight excluding hydrogens is 269 g/mol. The molecule has 106 valence electrons.